The SMILES string of the molecule is O=C1S/C(=C\c2cc(Br)ccc2OCc2ccccc2)C(=O)N1Cc1c(F)cccc1Cl. The highest BCUT2D eigenvalue weighted by Crippen LogP contribution is 2.36. The fourth-order valence-corrected chi connectivity index (χ4v) is 4.55. The van der Waals surface area contributed by atoms with Crippen LogP contribution in [0.25, 0.3) is 6.08 Å². The van der Waals surface area contributed by atoms with Crippen LogP contribution in [0.15, 0.2) is 76.1 Å². The number of amides is 2. The van der Waals surface area contributed by atoms with E-state index in [0.29, 0.717) is 17.9 Å². The van der Waals surface area contributed by atoms with E-state index in [2.05, 4.69) is 15.9 Å². The van der Waals surface area contributed by atoms with Gasteiger partial charge in [-0.1, -0.05) is 63.9 Å². The summed E-state index contributed by atoms with van der Waals surface area (Å²) in [5.41, 5.74) is 1.75. The fourth-order valence-electron chi connectivity index (χ4n) is 3.12. The highest BCUT2D eigenvalue weighted by atomic mass is 79.9. The lowest BCUT2D eigenvalue weighted by Gasteiger charge is -2.14. The van der Waals surface area contributed by atoms with Crippen molar-refractivity contribution in [3.8, 4) is 5.75 Å². The van der Waals surface area contributed by atoms with E-state index >= 15 is 0 Å². The number of thioether (sulfide) groups is 1. The third-order valence-corrected chi connectivity index (χ3v) is 6.50. The molecular formula is C24H16BrClFNO3S. The molecule has 3 aromatic carbocycles. The van der Waals surface area contributed by atoms with Gasteiger partial charge < -0.3 is 4.74 Å². The minimum absolute atomic E-state index is 0.104. The Morgan fingerprint density at radius 3 is 2.59 bits per heavy atom. The molecule has 1 aliphatic rings. The standard InChI is InChI=1S/C24H16BrClFNO3S/c25-17-9-10-21(31-14-15-5-2-1-3-6-15)16(11-17)12-22-23(29)28(24(30)32-22)13-18-19(26)7-4-8-20(18)27/h1-12H,13-14H2/b22-12-. The number of ether oxygens (including phenoxy) is 1. The number of rotatable bonds is 6. The number of halogens is 3. The molecule has 0 aromatic heterocycles. The number of imide groups is 1. The van der Waals surface area contributed by atoms with Crippen LogP contribution in [0.1, 0.15) is 16.7 Å². The molecule has 2 amide bonds. The maximum atomic E-state index is 14.1. The second-order valence-electron chi connectivity index (χ2n) is 6.92. The Bertz CT molecular complexity index is 1200. The molecule has 162 valence electrons. The maximum Gasteiger partial charge on any atom is 0.293 e. The normalized spacial score (nSPS) is 15.0. The highest BCUT2D eigenvalue weighted by Gasteiger charge is 2.36. The zero-order valence-corrected chi connectivity index (χ0v) is 19.7. The minimum atomic E-state index is -0.566. The van der Waals surface area contributed by atoms with E-state index in [1.807, 2.05) is 42.5 Å². The van der Waals surface area contributed by atoms with Crippen LogP contribution in [0.2, 0.25) is 5.02 Å². The van der Waals surface area contributed by atoms with Crippen molar-refractivity contribution < 1.29 is 18.7 Å². The Hall–Kier alpha value is -2.61. The highest BCUT2D eigenvalue weighted by molar-refractivity contribution is 9.10. The van der Waals surface area contributed by atoms with Gasteiger partial charge in [-0.25, -0.2) is 4.39 Å². The van der Waals surface area contributed by atoms with Crippen LogP contribution in [0.5, 0.6) is 5.75 Å². The predicted octanol–water partition coefficient (Wildman–Crippen LogP) is 7.06. The Kier molecular flexibility index (Phi) is 6.98. The Labute approximate surface area is 202 Å². The molecular weight excluding hydrogens is 517 g/mol. The Morgan fingerprint density at radius 2 is 1.84 bits per heavy atom. The molecule has 4 rings (SSSR count). The summed E-state index contributed by atoms with van der Waals surface area (Å²) in [6.45, 7) is 0.125. The zero-order chi connectivity index (χ0) is 22.7. The van der Waals surface area contributed by atoms with Crippen molar-refractivity contribution in [2.45, 2.75) is 13.2 Å². The summed E-state index contributed by atoms with van der Waals surface area (Å²) >= 11 is 10.3. The van der Waals surface area contributed by atoms with Crippen LogP contribution in [0, 0.1) is 5.82 Å². The van der Waals surface area contributed by atoms with Crippen molar-refractivity contribution in [3.63, 3.8) is 0 Å². The molecule has 0 atom stereocenters. The second-order valence-corrected chi connectivity index (χ2v) is 9.24. The summed E-state index contributed by atoms with van der Waals surface area (Å²) in [7, 11) is 0. The molecule has 1 fully saturated rings. The van der Waals surface area contributed by atoms with Gasteiger partial charge in [-0.3, -0.25) is 14.5 Å². The van der Waals surface area contributed by atoms with Gasteiger partial charge in [0.1, 0.15) is 18.2 Å². The van der Waals surface area contributed by atoms with Gasteiger partial charge in [0, 0.05) is 20.6 Å². The average Bonchev–Trinajstić information content (AvgIpc) is 3.03. The topological polar surface area (TPSA) is 46.6 Å². The fraction of sp³-hybridized carbons (Fsp3) is 0.0833. The smallest absolute Gasteiger partial charge is 0.293 e. The molecule has 3 aromatic rings. The number of nitrogens with zero attached hydrogens (tertiary/aromatic N) is 1. The number of hydrogen-bond donors (Lipinski definition) is 0. The molecule has 8 heteroatoms. The van der Waals surface area contributed by atoms with Crippen LogP contribution in [-0.2, 0) is 17.9 Å². The monoisotopic (exact) mass is 531 g/mol. The molecule has 0 aliphatic carbocycles. The van der Waals surface area contributed by atoms with E-state index in [4.69, 9.17) is 16.3 Å². The van der Waals surface area contributed by atoms with Gasteiger partial charge in [-0.15, -0.1) is 0 Å². The van der Waals surface area contributed by atoms with Crippen LogP contribution in [0.4, 0.5) is 9.18 Å². The summed E-state index contributed by atoms with van der Waals surface area (Å²) in [4.78, 5) is 26.6. The van der Waals surface area contributed by atoms with Gasteiger partial charge in [-0.05, 0) is 53.7 Å². The van der Waals surface area contributed by atoms with Gasteiger partial charge in [0.25, 0.3) is 11.1 Å². The van der Waals surface area contributed by atoms with Gasteiger partial charge in [0.05, 0.1) is 11.4 Å². The lowest BCUT2D eigenvalue weighted by molar-refractivity contribution is -0.123. The molecule has 0 bridgehead atoms. The van der Waals surface area contributed by atoms with Gasteiger partial charge in [-0.2, -0.15) is 0 Å². The first-order chi connectivity index (χ1) is 15.4. The lowest BCUT2D eigenvalue weighted by Crippen LogP contribution is -2.28. The maximum absolute atomic E-state index is 14.1. The molecule has 1 aliphatic heterocycles. The van der Waals surface area contributed by atoms with E-state index in [9.17, 15) is 14.0 Å². The van der Waals surface area contributed by atoms with Crippen molar-refractivity contribution in [1.82, 2.24) is 4.90 Å². The average molecular weight is 533 g/mol. The van der Waals surface area contributed by atoms with Gasteiger partial charge in [0.2, 0.25) is 0 Å². The lowest BCUT2D eigenvalue weighted by atomic mass is 10.1. The molecule has 4 nitrogen and oxygen atoms in total. The van der Waals surface area contributed by atoms with E-state index in [1.165, 1.54) is 18.2 Å². The first kappa shape index (κ1) is 22.6. The van der Waals surface area contributed by atoms with Crippen LogP contribution >= 0.6 is 39.3 Å². The Morgan fingerprint density at radius 1 is 1.06 bits per heavy atom. The van der Waals surface area contributed by atoms with Crippen LogP contribution < -0.4 is 4.74 Å². The third kappa shape index (κ3) is 5.06. The molecule has 0 N–H and O–H groups in total. The van der Waals surface area contributed by atoms with Crippen LogP contribution in [-0.4, -0.2) is 16.0 Å². The number of carbonyl (C=O) groups is 2. The van der Waals surface area contributed by atoms with E-state index < -0.39 is 17.0 Å². The van der Waals surface area contributed by atoms with E-state index in [1.54, 1.807) is 12.1 Å². The van der Waals surface area contributed by atoms with Crippen molar-refractivity contribution in [3.05, 3.63) is 104 Å². The summed E-state index contributed by atoms with van der Waals surface area (Å²) in [6.07, 6.45) is 1.61. The number of hydrogen-bond acceptors (Lipinski definition) is 4. The van der Waals surface area contributed by atoms with Crippen molar-refractivity contribution >= 4 is 56.5 Å². The van der Waals surface area contributed by atoms with E-state index in [-0.39, 0.29) is 22.0 Å². The second kappa shape index (κ2) is 9.90. The molecule has 32 heavy (non-hydrogen) atoms. The predicted molar refractivity (Wildman–Crippen MR) is 128 cm³/mol. The van der Waals surface area contributed by atoms with Crippen molar-refractivity contribution in [2.24, 2.45) is 0 Å². The Balaban J connectivity index is 1.58. The van der Waals surface area contributed by atoms with Gasteiger partial charge >= 0.3 is 0 Å². The summed E-state index contributed by atoms with van der Waals surface area (Å²) in [5.74, 6) is -0.501. The van der Waals surface area contributed by atoms with E-state index in [0.717, 1.165) is 26.7 Å². The third-order valence-electron chi connectivity index (χ3n) is 4.75. The van der Waals surface area contributed by atoms with Gasteiger partial charge in [0.15, 0.2) is 0 Å². The molecule has 0 unspecified atom stereocenters. The first-order valence-electron chi connectivity index (χ1n) is 9.57. The molecule has 1 heterocycles. The first-order valence-corrected chi connectivity index (χ1v) is 11.6. The van der Waals surface area contributed by atoms with Crippen molar-refractivity contribution in [2.75, 3.05) is 0 Å². The largest absolute Gasteiger partial charge is 0.488 e. The zero-order valence-electron chi connectivity index (χ0n) is 16.6. The van der Waals surface area contributed by atoms with Crippen LogP contribution in [0.3, 0.4) is 0 Å². The molecule has 0 saturated carbocycles. The summed E-state index contributed by atoms with van der Waals surface area (Å²) in [6, 6.07) is 19.4. The summed E-state index contributed by atoms with van der Waals surface area (Å²) < 4.78 is 20.9. The molecule has 1 saturated heterocycles. The minimum Gasteiger partial charge on any atom is -0.488 e. The quantitative estimate of drug-likeness (QED) is 0.319. The molecule has 0 spiro atoms. The molecule has 0 radical (unpaired) electrons. The number of carbonyl (C=O) groups excluding carboxylic acids is 2. The summed E-state index contributed by atoms with van der Waals surface area (Å²) in [5, 5.41) is -0.320. The van der Waals surface area contributed by atoms with Crippen molar-refractivity contribution in [1.29, 1.82) is 0 Å². The number of benzene rings is 3.